The van der Waals surface area contributed by atoms with Crippen molar-refractivity contribution in [3.8, 4) is 0 Å². The van der Waals surface area contributed by atoms with Gasteiger partial charge in [-0.1, -0.05) is 34.0 Å². The molecule has 3 aliphatic rings. The SMILES string of the molecule is O=C([O-])CCCCCC(=O)N1CCC(CC(=O)N2CCC(C3c4ncc(Br)cc4CCc4cc(Cl)cc(Br)c43)CC2)CC1.[Na+]. The van der Waals surface area contributed by atoms with E-state index in [4.69, 9.17) is 16.6 Å². The summed E-state index contributed by atoms with van der Waals surface area (Å²) in [5.41, 5.74) is 4.99. The summed E-state index contributed by atoms with van der Waals surface area (Å²) in [6, 6.07) is 6.30. The molecule has 2 aliphatic heterocycles. The summed E-state index contributed by atoms with van der Waals surface area (Å²) >= 11 is 13.9. The third-order valence-electron chi connectivity index (χ3n) is 9.48. The molecular weight excluding hydrogens is 721 g/mol. The number of nitrogens with zero attached hydrogens (tertiary/aromatic N) is 3. The monoisotopic (exact) mass is 757 g/mol. The molecule has 1 aliphatic carbocycles. The van der Waals surface area contributed by atoms with Crippen LogP contribution in [0.3, 0.4) is 0 Å². The molecule has 5 rings (SSSR count). The van der Waals surface area contributed by atoms with E-state index in [2.05, 4.69) is 44.0 Å². The fraction of sp³-hybridized carbons (Fsp3) is 0.576. The van der Waals surface area contributed by atoms with Crippen LogP contribution in [0.1, 0.15) is 92.5 Å². The first-order chi connectivity index (χ1) is 20.7. The second-order valence-electron chi connectivity index (χ2n) is 12.3. The van der Waals surface area contributed by atoms with Gasteiger partial charge in [0.05, 0.1) is 5.69 Å². The van der Waals surface area contributed by atoms with Gasteiger partial charge in [-0.15, -0.1) is 0 Å². The molecule has 44 heavy (non-hydrogen) atoms. The first-order valence-electron chi connectivity index (χ1n) is 15.6. The van der Waals surface area contributed by atoms with Crippen molar-refractivity contribution in [3.05, 3.63) is 60.7 Å². The van der Waals surface area contributed by atoms with Gasteiger partial charge < -0.3 is 19.7 Å². The minimum absolute atomic E-state index is 0. The van der Waals surface area contributed by atoms with E-state index in [0.717, 1.165) is 77.7 Å². The van der Waals surface area contributed by atoms with Gasteiger partial charge >= 0.3 is 29.6 Å². The smallest absolute Gasteiger partial charge is 0.550 e. The van der Waals surface area contributed by atoms with E-state index in [1.165, 1.54) is 16.7 Å². The number of piperidine rings is 2. The van der Waals surface area contributed by atoms with E-state index < -0.39 is 5.97 Å². The maximum Gasteiger partial charge on any atom is 1.00 e. The van der Waals surface area contributed by atoms with Crippen molar-refractivity contribution >= 4 is 61.2 Å². The van der Waals surface area contributed by atoms with Crippen LogP contribution in [0.15, 0.2) is 33.3 Å². The minimum Gasteiger partial charge on any atom is -0.550 e. The molecule has 0 spiro atoms. The maximum atomic E-state index is 13.4. The van der Waals surface area contributed by atoms with Crippen LogP contribution >= 0.6 is 43.5 Å². The van der Waals surface area contributed by atoms with Crippen LogP contribution in [-0.4, -0.2) is 58.7 Å². The van der Waals surface area contributed by atoms with E-state index in [1.54, 1.807) is 0 Å². The number of rotatable bonds is 9. The number of pyridine rings is 1. The predicted octanol–water partition coefficient (Wildman–Crippen LogP) is 3.06. The number of carbonyl (C=O) groups is 3. The Balaban J connectivity index is 0.00000442. The van der Waals surface area contributed by atoms with Crippen LogP contribution in [0.4, 0.5) is 0 Å². The summed E-state index contributed by atoms with van der Waals surface area (Å²) in [7, 11) is 0. The van der Waals surface area contributed by atoms with Crippen molar-refractivity contribution in [2.24, 2.45) is 11.8 Å². The Morgan fingerprint density at radius 1 is 0.864 bits per heavy atom. The third-order valence-corrected chi connectivity index (χ3v) is 10.8. The van der Waals surface area contributed by atoms with Crippen LogP contribution in [0.5, 0.6) is 0 Å². The zero-order chi connectivity index (χ0) is 30.5. The molecule has 2 saturated heterocycles. The van der Waals surface area contributed by atoms with Crippen LogP contribution in [0.2, 0.25) is 5.02 Å². The zero-order valence-corrected chi connectivity index (χ0v) is 31.4. The maximum absolute atomic E-state index is 13.4. The quantitative estimate of drug-likeness (QED) is 0.290. The fourth-order valence-electron chi connectivity index (χ4n) is 7.16. The van der Waals surface area contributed by atoms with Gasteiger partial charge in [0.1, 0.15) is 0 Å². The van der Waals surface area contributed by atoms with Crippen molar-refractivity contribution in [1.29, 1.82) is 0 Å². The van der Waals surface area contributed by atoms with Gasteiger partial charge in [0.25, 0.3) is 0 Å². The predicted molar refractivity (Wildman–Crippen MR) is 172 cm³/mol. The largest absolute Gasteiger partial charge is 1.00 e. The molecule has 1 atom stereocenters. The molecule has 0 radical (unpaired) electrons. The van der Waals surface area contributed by atoms with Crippen molar-refractivity contribution in [1.82, 2.24) is 14.8 Å². The van der Waals surface area contributed by atoms with Gasteiger partial charge in [-0.05, 0) is 120 Å². The molecule has 0 bridgehead atoms. The van der Waals surface area contributed by atoms with E-state index in [-0.39, 0.29) is 53.7 Å². The number of aromatic nitrogens is 1. The summed E-state index contributed by atoms with van der Waals surface area (Å²) in [6.07, 6.45) is 10.3. The number of hydrogen-bond donors (Lipinski definition) is 0. The summed E-state index contributed by atoms with van der Waals surface area (Å²) in [6.45, 7) is 2.89. The number of benzene rings is 1. The molecule has 2 aromatic rings. The molecular formula is C33H39Br2ClN3NaO4. The molecule has 2 amide bonds. The molecule has 7 nitrogen and oxygen atoms in total. The number of unbranched alkanes of at least 4 members (excludes halogenated alkanes) is 2. The standard InChI is InChI=1S/C33H40Br2ClN3O4.Na/c34-25-17-24-7-6-23-18-26(36)19-27(35)31(23)32(33(24)37-20-25)22-10-14-39(15-11-22)29(41)16-21-8-12-38(13-9-21)28(40)4-2-1-3-5-30(42)43;/h17-22,32H,1-16H2,(H,42,43);/q;+1/p-1. The summed E-state index contributed by atoms with van der Waals surface area (Å²) < 4.78 is 2.03. The van der Waals surface area contributed by atoms with Crippen LogP contribution in [-0.2, 0) is 27.2 Å². The molecule has 232 valence electrons. The van der Waals surface area contributed by atoms with Crippen LogP contribution in [0.25, 0.3) is 0 Å². The summed E-state index contributed by atoms with van der Waals surface area (Å²) in [5.74, 6) is 0.168. The zero-order valence-electron chi connectivity index (χ0n) is 25.5. The van der Waals surface area contributed by atoms with E-state index in [0.29, 0.717) is 50.6 Å². The molecule has 2 fully saturated rings. The van der Waals surface area contributed by atoms with Gasteiger partial charge in [-0.25, -0.2) is 0 Å². The number of carboxylic acids is 1. The second kappa shape index (κ2) is 16.7. The number of aryl methyl sites for hydroxylation is 2. The van der Waals surface area contributed by atoms with Gasteiger partial charge in [-0.3, -0.25) is 14.6 Å². The Labute approximate surface area is 304 Å². The van der Waals surface area contributed by atoms with Crippen LogP contribution < -0.4 is 34.7 Å². The number of carboxylic acid groups (broad SMARTS) is 1. The molecule has 3 heterocycles. The Kier molecular flexibility index (Phi) is 13.6. The van der Waals surface area contributed by atoms with Crippen molar-refractivity contribution in [3.63, 3.8) is 0 Å². The summed E-state index contributed by atoms with van der Waals surface area (Å²) in [5, 5.41) is 11.3. The van der Waals surface area contributed by atoms with Crippen molar-refractivity contribution in [2.75, 3.05) is 26.2 Å². The molecule has 11 heteroatoms. The minimum atomic E-state index is -1.03. The van der Waals surface area contributed by atoms with E-state index >= 15 is 0 Å². The van der Waals surface area contributed by atoms with Gasteiger partial charge in [0.2, 0.25) is 11.8 Å². The number of hydrogen-bond acceptors (Lipinski definition) is 5. The Hall–Kier alpha value is -0.970. The average Bonchev–Trinajstić information content (AvgIpc) is 3.14. The van der Waals surface area contributed by atoms with E-state index in [1.807, 2.05) is 22.1 Å². The van der Waals surface area contributed by atoms with Gasteiger partial charge in [-0.2, -0.15) is 0 Å². The number of halogens is 3. The number of carbonyl (C=O) groups excluding carboxylic acids is 3. The second-order valence-corrected chi connectivity index (χ2v) is 14.5. The van der Waals surface area contributed by atoms with Crippen LogP contribution in [0, 0.1) is 11.8 Å². The normalized spacial score (nSPS) is 19.0. The van der Waals surface area contributed by atoms with Gasteiger partial charge in [0.15, 0.2) is 0 Å². The molecule has 0 saturated carbocycles. The average molecular weight is 760 g/mol. The summed E-state index contributed by atoms with van der Waals surface area (Å²) in [4.78, 5) is 45.4. The molecule has 1 aromatic carbocycles. The Morgan fingerprint density at radius 2 is 1.50 bits per heavy atom. The van der Waals surface area contributed by atoms with E-state index in [9.17, 15) is 19.5 Å². The Morgan fingerprint density at radius 3 is 2.20 bits per heavy atom. The number of fused-ring (bicyclic) bond motifs is 2. The first kappa shape index (κ1) is 35.9. The molecule has 1 unspecified atom stereocenters. The molecule has 1 aromatic heterocycles. The Bertz CT molecular complexity index is 1350. The molecule has 0 N–H and O–H groups in total. The first-order valence-corrected chi connectivity index (χ1v) is 17.5. The van der Waals surface area contributed by atoms with Gasteiger partial charge in [0, 0.05) is 71.1 Å². The number of aliphatic carboxylic acids is 1. The third kappa shape index (κ3) is 9.09. The van der Waals surface area contributed by atoms with Crippen molar-refractivity contribution < 1.29 is 49.0 Å². The number of amides is 2. The fourth-order valence-corrected chi connectivity index (χ4v) is 8.65. The van der Waals surface area contributed by atoms with Crippen molar-refractivity contribution in [2.45, 2.75) is 83.0 Å². The topological polar surface area (TPSA) is 93.6 Å². The number of likely N-dealkylation sites (tertiary alicyclic amines) is 2.